The standard InChI is InChI=1S/C16H12F2O.C9H15NO4.CH3NO/c1-10-2-4-12-13-9-11(6-7-19)3-5-14(13)16(17,18)15(12)8-10;1-10-6-9(13-3-4-14-9)5-7(10)8(11)12-2;2-1-3/h2-5,7-9H,6H2,1H3;7H,3-6H2,1-2H3;1H,(H2,2,3). The van der Waals surface area contributed by atoms with Crippen LogP contribution in [0.5, 0.6) is 0 Å². The normalized spacial score (nSPS) is 20.3. The molecule has 1 aliphatic carbocycles. The summed E-state index contributed by atoms with van der Waals surface area (Å²) in [4.78, 5) is 32.4. The largest absolute Gasteiger partial charge is 0.468 e. The van der Waals surface area contributed by atoms with Gasteiger partial charge in [-0.05, 0) is 36.7 Å². The van der Waals surface area contributed by atoms with Crippen molar-refractivity contribution in [1.82, 2.24) is 4.90 Å². The molecule has 2 saturated heterocycles. The van der Waals surface area contributed by atoms with Crippen molar-refractivity contribution in [3.63, 3.8) is 0 Å². The summed E-state index contributed by atoms with van der Waals surface area (Å²) < 4.78 is 44.5. The molecule has 2 N–H and O–H groups in total. The number of carbonyl (C=O) groups is 3. The Hall–Kier alpha value is -3.21. The summed E-state index contributed by atoms with van der Waals surface area (Å²) in [5, 5.41) is 0. The minimum atomic E-state index is -2.95. The van der Waals surface area contributed by atoms with Gasteiger partial charge in [0.15, 0.2) is 5.79 Å². The average Bonchev–Trinajstić information content (AvgIpc) is 3.50. The highest BCUT2D eigenvalue weighted by Gasteiger charge is 2.50. The minimum absolute atomic E-state index is 0.0303. The predicted molar refractivity (Wildman–Crippen MR) is 127 cm³/mol. The predicted octanol–water partition coefficient (Wildman–Crippen LogP) is 2.57. The summed E-state index contributed by atoms with van der Waals surface area (Å²) in [7, 11) is 3.28. The van der Waals surface area contributed by atoms with E-state index in [4.69, 9.17) is 19.0 Å². The van der Waals surface area contributed by atoms with Crippen LogP contribution in [-0.2, 0) is 40.9 Å². The highest BCUT2D eigenvalue weighted by Crippen LogP contribution is 2.51. The molecule has 36 heavy (non-hydrogen) atoms. The first-order valence-corrected chi connectivity index (χ1v) is 11.4. The number of hydrogen-bond acceptors (Lipinski definition) is 7. The van der Waals surface area contributed by atoms with Crippen molar-refractivity contribution < 1.29 is 37.4 Å². The monoisotopic (exact) mass is 504 g/mol. The van der Waals surface area contributed by atoms with Gasteiger partial charge in [-0.3, -0.25) is 14.5 Å². The Balaban J connectivity index is 0.000000188. The van der Waals surface area contributed by atoms with Gasteiger partial charge in [0.05, 0.1) is 26.9 Å². The number of halogens is 2. The molecule has 1 atom stereocenters. The van der Waals surface area contributed by atoms with Crippen molar-refractivity contribution in [3.05, 3.63) is 58.7 Å². The van der Waals surface area contributed by atoms with Gasteiger partial charge in [0, 0.05) is 24.0 Å². The second-order valence-corrected chi connectivity index (χ2v) is 8.78. The molecule has 1 spiro atoms. The summed E-state index contributed by atoms with van der Waals surface area (Å²) in [6, 6.07) is 9.58. The van der Waals surface area contributed by atoms with Crippen LogP contribution in [0.25, 0.3) is 11.1 Å². The first-order valence-electron chi connectivity index (χ1n) is 11.4. The van der Waals surface area contributed by atoms with Crippen LogP contribution < -0.4 is 5.73 Å². The zero-order valence-electron chi connectivity index (χ0n) is 20.5. The summed E-state index contributed by atoms with van der Waals surface area (Å²) in [5.74, 6) is -3.73. The third-order valence-electron chi connectivity index (χ3n) is 6.36. The number of esters is 1. The van der Waals surface area contributed by atoms with E-state index in [2.05, 4.69) is 5.73 Å². The maximum absolute atomic E-state index is 14.4. The van der Waals surface area contributed by atoms with Crippen molar-refractivity contribution in [2.24, 2.45) is 5.73 Å². The van der Waals surface area contributed by atoms with E-state index >= 15 is 0 Å². The molecule has 1 amide bonds. The zero-order chi connectivity index (χ0) is 26.5. The van der Waals surface area contributed by atoms with E-state index < -0.39 is 11.7 Å². The Morgan fingerprint density at radius 2 is 1.81 bits per heavy atom. The number of primary amides is 1. The van der Waals surface area contributed by atoms with Crippen LogP contribution in [-0.4, -0.2) is 69.3 Å². The van der Waals surface area contributed by atoms with Gasteiger partial charge in [0.1, 0.15) is 12.3 Å². The van der Waals surface area contributed by atoms with E-state index in [1.807, 2.05) is 18.0 Å². The Bertz CT molecular complexity index is 1120. The Labute approximate surface area is 208 Å². The van der Waals surface area contributed by atoms with Crippen LogP contribution in [0.3, 0.4) is 0 Å². The molecule has 10 heteroatoms. The van der Waals surface area contributed by atoms with E-state index in [9.17, 15) is 18.4 Å². The molecule has 0 radical (unpaired) electrons. The van der Waals surface area contributed by atoms with E-state index in [1.54, 1.807) is 25.1 Å². The molecule has 194 valence electrons. The number of alkyl halides is 2. The number of likely N-dealkylation sites (N-methyl/N-ethyl adjacent to an activating group) is 1. The molecule has 0 aromatic heterocycles. The topological polar surface area (TPSA) is 108 Å². The average molecular weight is 505 g/mol. The Morgan fingerprint density at radius 3 is 2.42 bits per heavy atom. The van der Waals surface area contributed by atoms with Crippen molar-refractivity contribution in [3.8, 4) is 11.1 Å². The van der Waals surface area contributed by atoms with E-state index in [0.29, 0.717) is 37.3 Å². The minimum Gasteiger partial charge on any atom is -0.468 e. The number of carbonyl (C=O) groups excluding carboxylic acids is 3. The molecule has 2 aromatic rings. The number of methoxy groups -OCH3 is 1. The molecule has 3 aliphatic rings. The summed E-state index contributed by atoms with van der Waals surface area (Å²) in [5.41, 5.74) is 6.95. The fourth-order valence-corrected chi connectivity index (χ4v) is 4.72. The Kier molecular flexibility index (Phi) is 8.55. The first kappa shape index (κ1) is 27.4. The number of likely N-dealkylation sites (tertiary alicyclic amines) is 1. The number of hydrogen-bond donors (Lipinski definition) is 1. The van der Waals surface area contributed by atoms with Gasteiger partial charge in [-0.25, -0.2) is 0 Å². The molecule has 2 fully saturated rings. The Morgan fingerprint density at radius 1 is 1.14 bits per heavy atom. The van der Waals surface area contributed by atoms with Crippen LogP contribution >= 0.6 is 0 Å². The molecule has 8 nitrogen and oxygen atoms in total. The fourth-order valence-electron chi connectivity index (χ4n) is 4.72. The highest BCUT2D eigenvalue weighted by atomic mass is 19.3. The van der Waals surface area contributed by atoms with Crippen LogP contribution in [0.2, 0.25) is 0 Å². The van der Waals surface area contributed by atoms with E-state index in [-0.39, 0.29) is 36.0 Å². The van der Waals surface area contributed by atoms with Gasteiger partial charge in [0.2, 0.25) is 6.41 Å². The molecule has 0 saturated carbocycles. The van der Waals surface area contributed by atoms with Gasteiger partial charge < -0.3 is 24.7 Å². The van der Waals surface area contributed by atoms with Crippen LogP contribution in [0.1, 0.15) is 28.7 Å². The van der Waals surface area contributed by atoms with Crippen LogP contribution in [0.15, 0.2) is 36.4 Å². The van der Waals surface area contributed by atoms with Crippen LogP contribution in [0.4, 0.5) is 8.78 Å². The number of fused-ring (bicyclic) bond motifs is 3. The number of ether oxygens (including phenoxy) is 3. The van der Waals surface area contributed by atoms with Crippen molar-refractivity contribution in [1.29, 1.82) is 0 Å². The molecular weight excluding hydrogens is 474 g/mol. The maximum atomic E-state index is 14.4. The van der Waals surface area contributed by atoms with E-state index in [0.717, 1.165) is 17.4 Å². The fraction of sp³-hybridized carbons (Fsp3) is 0.423. The van der Waals surface area contributed by atoms with Crippen molar-refractivity contribution in [2.75, 3.05) is 33.9 Å². The number of aldehydes is 1. The molecule has 2 aromatic carbocycles. The number of aryl methyl sites for hydroxylation is 1. The van der Waals surface area contributed by atoms with Gasteiger partial charge >= 0.3 is 5.97 Å². The van der Waals surface area contributed by atoms with Crippen molar-refractivity contribution in [2.45, 2.75) is 37.5 Å². The van der Waals surface area contributed by atoms with Gasteiger partial charge in [-0.15, -0.1) is 0 Å². The number of amides is 1. The molecule has 5 rings (SSSR count). The lowest BCUT2D eigenvalue weighted by molar-refractivity contribution is -0.152. The second-order valence-electron chi connectivity index (χ2n) is 8.78. The molecule has 2 heterocycles. The smallest absolute Gasteiger partial charge is 0.323 e. The van der Waals surface area contributed by atoms with E-state index in [1.165, 1.54) is 19.2 Å². The molecular formula is C26H30F2N2O6. The quantitative estimate of drug-likeness (QED) is 0.506. The second kappa shape index (κ2) is 11.2. The number of nitrogens with two attached hydrogens (primary N) is 1. The highest BCUT2D eigenvalue weighted by molar-refractivity contribution is 5.80. The number of nitrogens with zero attached hydrogens (tertiary/aromatic N) is 1. The lowest BCUT2D eigenvalue weighted by atomic mass is 10.0. The van der Waals surface area contributed by atoms with Gasteiger partial charge in [-0.2, -0.15) is 8.78 Å². The van der Waals surface area contributed by atoms with Crippen LogP contribution in [0, 0.1) is 6.92 Å². The lowest BCUT2D eigenvalue weighted by Gasteiger charge is -2.20. The molecule has 1 unspecified atom stereocenters. The molecule has 2 aliphatic heterocycles. The number of benzene rings is 2. The molecule has 0 bridgehead atoms. The summed E-state index contributed by atoms with van der Waals surface area (Å²) >= 11 is 0. The first-order chi connectivity index (χ1) is 17.1. The summed E-state index contributed by atoms with van der Waals surface area (Å²) in [6.07, 6.45) is 1.85. The zero-order valence-corrected chi connectivity index (χ0v) is 20.5. The maximum Gasteiger partial charge on any atom is 0.323 e. The van der Waals surface area contributed by atoms with Crippen molar-refractivity contribution >= 4 is 18.7 Å². The third-order valence-corrected chi connectivity index (χ3v) is 6.36. The number of rotatable bonds is 3. The SMILES string of the molecule is COC(=O)C1CC2(CN1C)OCCO2.Cc1ccc2c(c1)C(F)(F)c1ccc(CC=O)cc1-2.NC=O. The summed E-state index contributed by atoms with van der Waals surface area (Å²) in [6.45, 7) is 3.66. The van der Waals surface area contributed by atoms with Gasteiger partial charge in [0.25, 0.3) is 5.92 Å². The van der Waals surface area contributed by atoms with Gasteiger partial charge in [-0.1, -0.05) is 35.9 Å². The third kappa shape index (κ3) is 5.45. The lowest BCUT2D eigenvalue weighted by Crippen LogP contribution is -2.34.